The quantitative estimate of drug-likeness (QED) is 0.882. The maximum Gasteiger partial charge on any atom is 0.222 e. The number of hydrogen-bond acceptors (Lipinski definition) is 2. The first-order valence-corrected chi connectivity index (χ1v) is 7.26. The summed E-state index contributed by atoms with van der Waals surface area (Å²) in [5.41, 5.74) is 6.84. The van der Waals surface area contributed by atoms with Gasteiger partial charge in [0.2, 0.25) is 5.91 Å². The molecule has 0 radical (unpaired) electrons. The zero-order valence-electron chi connectivity index (χ0n) is 11.7. The summed E-state index contributed by atoms with van der Waals surface area (Å²) >= 11 is 0. The van der Waals surface area contributed by atoms with Crippen LogP contribution in [-0.4, -0.2) is 29.9 Å². The minimum absolute atomic E-state index is 0.272. The van der Waals surface area contributed by atoms with Crippen LogP contribution in [0.3, 0.4) is 0 Å². The monoisotopic (exact) mass is 260 g/mol. The van der Waals surface area contributed by atoms with E-state index >= 15 is 0 Å². The van der Waals surface area contributed by atoms with Crippen molar-refractivity contribution in [2.24, 2.45) is 11.7 Å². The summed E-state index contributed by atoms with van der Waals surface area (Å²) in [7, 11) is 0. The number of carbonyl (C=O) groups excluding carboxylic acids is 1. The van der Waals surface area contributed by atoms with Crippen molar-refractivity contribution in [3.05, 3.63) is 35.9 Å². The zero-order chi connectivity index (χ0) is 13.7. The molecule has 1 aliphatic heterocycles. The molecule has 3 heteroatoms. The highest BCUT2D eigenvalue weighted by Gasteiger charge is 2.33. The number of hydrogen-bond donors (Lipinski definition) is 1. The van der Waals surface area contributed by atoms with Crippen molar-refractivity contribution in [2.75, 3.05) is 13.1 Å². The van der Waals surface area contributed by atoms with E-state index in [0.717, 1.165) is 25.8 Å². The summed E-state index contributed by atoms with van der Waals surface area (Å²) in [4.78, 5) is 14.1. The first-order valence-electron chi connectivity index (χ1n) is 7.26. The molecule has 2 rings (SSSR count). The van der Waals surface area contributed by atoms with E-state index in [1.807, 2.05) is 11.0 Å². The van der Waals surface area contributed by atoms with E-state index in [9.17, 15) is 4.79 Å². The Morgan fingerprint density at radius 2 is 2.11 bits per heavy atom. The van der Waals surface area contributed by atoms with Crippen molar-refractivity contribution in [3.63, 3.8) is 0 Å². The Labute approximate surface area is 115 Å². The maximum absolute atomic E-state index is 12.1. The average Bonchev–Trinajstić information content (AvgIpc) is 2.79. The lowest BCUT2D eigenvalue weighted by Crippen LogP contribution is -2.36. The van der Waals surface area contributed by atoms with Crippen LogP contribution in [0.15, 0.2) is 30.3 Å². The van der Waals surface area contributed by atoms with Crippen LogP contribution in [0.4, 0.5) is 0 Å². The van der Waals surface area contributed by atoms with Crippen molar-refractivity contribution in [1.82, 2.24) is 4.90 Å². The fourth-order valence-electron chi connectivity index (χ4n) is 2.94. The molecule has 1 heterocycles. The van der Waals surface area contributed by atoms with Crippen LogP contribution in [0.2, 0.25) is 0 Å². The zero-order valence-corrected chi connectivity index (χ0v) is 11.7. The van der Waals surface area contributed by atoms with Gasteiger partial charge in [-0.2, -0.15) is 0 Å². The highest BCUT2D eigenvalue weighted by molar-refractivity contribution is 5.76. The molecule has 1 aromatic carbocycles. The van der Waals surface area contributed by atoms with Crippen LogP contribution in [0.5, 0.6) is 0 Å². The van der Waals surface area contributed by atoms with Crippen molar-refractivity contribution in [3.8, 4) is 0 Å². The molecule has 0 saturated carbocycles. The molecule has 1 saturated heterocycles. The molecule has 1 aliphatic rings. The van der Waals surface area contributed by atoms with Gasteiger partial charge in [-0.15, -0.1) is 0 Å². The highest BCUT2D eigenvalue weighted by atomic mass is 16.2. The van der Waals surface area contributed by atoms with Crippen LogP contribution in [0, 0.1) is 5.92 Å². The number of nitrogens with two attached hydrogens (primary N) is 1. The third kappa shape index (κ3) is 3.57. The van der Waals surface area contributed by atoms with Gasteiger partial charge in [0.25, 0.3) is 0 Å². The second-order valence-corrected chi connectivity index (χ2v) is 5.46. The van der Waals surface area contributed by atoms with Crippen molar-refractivity contribution >= 4 is 5.91 Å². The van der Waals surface area contributed by atoms with Crippen LogP contribution in [0.1, 0.15) is 31.7 Å². The van der Waals surface area contributed by atoms with E-state index < -0.39 is 0 Å². The SMILES string of the molecule is C[C@@H]1[C@H](Cc2ccccc2)CCN1C(=O)CCCN. The van der Waals surface area contributed by atoms with Crippen molar-refractivity contribution in [2.45, 2.75) is 38.6 Å². The van der Waals surface area contributed by atoms with Crippen LogP contribution >= 0.6 is 0 Å². The molecule has 0 aromatic heterocycles. The van der Waals surface area contributed by atoms with Crippen molar-refractivity contribution in [1.29, 1.82) is 0 Å². The summed E-state index contributed by atoms with van der Waals surface area (Å²) < 4.78 is 0. The average molecular weight is 260 g/mol. The van der Waals surface area contributed by atoms with Crippen molar-refractivity contribution < 1.29 is 4.79 Å². The van der Waals surface area contributed by atoms with E-state index in [-0.39, 0.29) is 5.91 Å². The van der Waals surface area contributed by atoms with Gasteiger partial charge in [-0.3, -0.25) is 4.79 Å². The topological polar surface area (TPSA) is 46.3 Å². The Hall–Kier alpha value is -1.35. The number of benzene rings is 1. The van der Waals surface area contributed by atoms with Crippen LogP contribution < -0.4 is 5.73 Å². The lowest BCUT2D eigenvalue weighted by atomic mass is 9.93. The number of likely N-dealkylation sites (tertiary alicyclic amines) is 1. The molecule has 3 nitrogen and oxygen atoms in total. The Balaban J connectivity index is 1.90. The number of carbonyl (C=O) groups is 1. The predicted octanol–water partition coefficient (Wildman–Crippen LogP) is 2.21. The number of amides is 1. The minimum atomic E-state index is 0.272. The largest absolute Gasteiger partial charge is 0.340 e. The Morgan fingerprint density at radius 3 is 2.79 bits per heavy atom. The van der Waals surface area contributed by atoms with Gasteiger partial charge in [-0.05, 0) is 44.2 Å². The Morgan fingerprint density at radius 1 is 1.37 bits per heavy atom. The second-order valence-electron chi connectivity index (χ2n) is 5.46. The van der Waals surface area contributed by atoms with Gasteiger partial charge in [0.15, 0.2) is 0 Å². The highest BCUT2D eigenvalue weighted by Crippen LogP contribution is 2.28. The van der Waals surface area contributed by atoms with Crippen LogP contribution in [-0.2, 0) is 11.2 Å². The summed E-state index contributed by atoms with van der Waals surface area (Å²) in [6, 6.07) is 10.9. The van der Waals surface area contributed by atoms with Gasteiger partial charge >= 0.3 is 0 Å². The van der Waals surface area contributed by atoms with E-state index in [0.29, 0.717) is 24.9 Å². The third-order valence-electron chi connectivity index (χ3n) is 4.17. The smallest absolute Gasteiger partial charge is 0.222 e. The van der Waals surface area contributed by atoms with Gasteiger partial charge in [-0.1, -0.05) is 30.3 Å². The Bertz CT molecular complexity index is 404. The standard InChI is InChI=1S/C16H24N2O/c1-13-15(12-14-6-3-2-4-7-14)9-11-18(13)16(19)8-5-10-17/h2-4,6-7,13,15H,5,8-12,17H2,1H3/t13-,15+/m1/s1. The summed E-state index contributed by atoms with van der Waals surface area (Å²) in [6.45, 7) is 3.68. The molecule has 0 aliphatic carbocycles. The van der Waals surface area contributed by atoms with Gasteiger partial charge in [-0.25, -0.2) is 0 Å². The minimum Gasteiger partial charge on any atom is -0.340 e. The predicted molar refractivity (Wildman–Crippen MR) is 77.7 cm³/mol. The fourth-order valence-corrected chi connectivity index (χ4v) is 2.94. The lowest BCUT2D eigenvalue weighted by molar-refractivity contribution is -0.132. The fraction of sp³-hybridized carbons (Fsp3) is 0.562. The van der Waals surface area contributed by atoms with Gasteiger partial charge < -0.3 is 10.6 Å². The molecule has 104 valence electrons. The molecule has 1 aromatic rings. The molecule has 2 atom stereocenters. The molecule has 1 amide bonds. The first-order chi connectivity index (χ1) is 9.22. The van der Waals surface area contributed by atoms with E-state index in [2.05, 4.69) is 31.2 Å². The molecule has 0 unspecified atom stereocenters. The number of rotatable bonds is 5. The van der Waals surface area contributed by atoms with Crippen LogP contribution in [0.25, 0.3) is 0 Å². The summed E-state index contributed by atoms with van der Waals surface area (Å²) in [5.74, 6) is 0.859. The molecule has 1 fully saturated rings. The third-order valence-corrected chi connectivity index (χ3v) is 4.17. The van der Waals surface area contributed by atoms with Gasteiger partial charge in [0.1, 0.15) is 0 Å². The normalized spacial score (nSPS) is 22.7. The van der Waals surface area contributed by atoms with Gasteiger partial charge in [0.05, 0.1) is 0 Å². The second kappa shape index (κ2) is 6.71. The molecule has 19 heavy (non-hydrogen) atoms. The van der Waals surface area contributed by atoms with E-state index in [1.165, 1.54) is 5.56 Å². The molecular weight excluding hydrogens is 236 g/mol. The molecule has 2 N–H and O–H groups in total. The van der Waals surface area contributed by atoms with E-state index in [4.69, 9.17) is 5.73 Å². The summed E-state index contributed by atoms with van der Waals surface area (Å²) in [6.07, 6.45) is 3.58. The maximum atomic E-state index is 12.1. The number of nitrogens with zero attached hydrogens (tertiary/aromatic N) is 1. The molecule has 0 spiro atoms. The molecular formula is C16H24N2O. The first kappa shape index (κ1) is 14.1. The van der Waals surface area contributed by atoms with Gasteiger partial charge in [0, 0.05) is 19.0 Å². The van der Waals surface area contributed by atoms with E-state index in [1.54, 1.807) is 0 Å². The lowest BCUT2D eigenvalue weighted by Gasteiger charge is -2.25. The Kier molecular flexibility index (Phi) is 4.97. The summed E-state index contributed by atoms with van der Waals surface area (Å²) in [5, 5.41) is 0. The molecule has 0 bridgehead atoms.